The van der Waals surface area contributed by atoms with Crippen LogP contribution in [0.4, 0.5) is 14.9 Å². The van der Waals surface area contributed by atoms with Gasteiger partial charge in [0, 0.05) is 44.3 Å². The van der Waals surface area contributed by atoms with Crippen molar-refractivity contribution in [2.75, 3.05) is 18.0 Å². The number of amides is 2. The van der Waals surface area contributed by atoms with Crippen LogP contribution in [-0.4, -0.2) is 39.7 Å². The van der Waals surface area contributed by atoms with Crippen molar-refractivity contribution in [1.82, 2.24) is 25.2 Å². The molecule has 1 aromatic carbocycles. The van der Waals surface area contributed by atoms with Crippen molar-refractivity contribution in [3.8, 4) is 5.82 Å². The van der Waals surface area contributed by atoms with Gasteiger partial charge in [-0.15, -0.1) is 0 Å². The number of pyridine rings is 1. The average molecular weight is 408 g/mol. The number of urea groups is 1. The van der Waals surface area contributed by atoms with Gasteiger partial charge in [-0.2, -0.15) is 0 Å². The maximum atomic E-state index is 14.2. The number of hydrogen-bond donors (Lipinski definition) is 2. The highest BCUT2D eigenvalue weighted by molar-refractivity contribution is 5.74. The first-order valence-electron chi connectivity index (χ1n) is 10.1. The molecule has 1 atom stereocenters. The van der Waals surface area contributed by atoms with Gasteiger partial charge in [0.2, 0.25) is 0 Å². The molecule has 1 fully saturated rings. The number of carbonyl (C=O) groups is 1. The summed E-state index contributed by atoms with van der Waals surface area (Å²) in [7, 11) is 0. The van der Waals surface area contributed by atoms with E-state index in [0.29, 0.717) is 18.8 Å². The fraction of sp³-hybridized carbons (Fsp3) is 0.318. The van der Waals surface area contributed by atoms with Crippen LogP contribution in [0, 0.1) is 12.7 Å². The Bertz CT molecular complexity index is 989. The molecule has 2 aromatic heterocycles. The largest absolute Gasteiger partial charge is 0.367 e. The van der Waals surface area contributed by atoms with E-state index in [4.69, 9.17) is 0 Å². The van der Waals surface area contributed by atoms with E-state index in [1.165, 1.54) is 6.07 Å². The Hall–Kier alpha value is -3.42. The van der Waals surface area contributed by atoms with Crippen LogP contribution in [0.25, 0.3) is 5.82 Å². The van der Waals surface area contributed by atoms with Gasteiger partial charge in [-0.3, -0.25) is 4.57 Å². The van der Waals surface area contributed by atoms with Crippen molar-refractivity contribution in [2.24, 2.45) is 0 Å². The van der Waals surface area contributed by atoms with Crippen molar-refractivity contribution in [3.05, 3.63) is 72.2 Å². The zero-order chi connectivity index (χ0) is 20.9. The van der Waals surface area contributed by atoms with E-state index in [2.05, 4.69) is 20.6 Å². The SMILES string of the molecule is Cc1ccc(F)c(N2CCCC(NC(=O)NCc3ccc(-n4ccnc4)nc3)C2)c1. The van der Waals surface area contributed by atoms with Crippen LogP contribution in [0.15, 0.2) is 55.2 Å². The first kappa shape index (κ1) is 19.9. The zero-order valence-corrected chi connectivity index (χ0v) is 16.9. The number of anilines is 1. The number of halogens is 1. The molecule has 1 saturated heterocycles. The van der Waals surface area contributed by atoms with Crippen molar-refractivity contribution >= 4 is 11.7 Å². The van der Waals surface area contributed by atoms with E-state index in [0.717, 1.165) is 36.3 Å². The van der Waals surface area contributed by atoms with Crippen molar-refractivity contribution < 1.29 is 9.18 Å². The van der Waals surface area contributed by atoms with Crippen molar-refractivity contribution in [1.29, 1.82) is 0 Å². The Balaban J connectivity index is 1.29. The summed E-state index contributed by atoms with van der Waals surface area (Å²) in [5, 5.41) is 5.88. The molecule has 0 bridgehead atoms. The maximum Gasteiger partial charge on any atom is 0.315 e. The molecular weight excluding hydrogens is 383 g/mol. The minimum atomic E-state index is -0.231. The molecule has 0 radical (unpaired) electrons. The lowest BCUT2D eigenvalue weighted by molar-refractivity contribution is 0.234. The van der Waals surface area contributed by atoms with Crippen LogP contribution < -0.4 is 15.5 Å². The molecule has 0 spiro atoms. The summed E-state index contributed by atoms with van der Waals surface area (Å²) in [5.41, 5.74) is 2.53. The summed E-state index contributed by atoms with van der Waals surface area (Å²) in [6, 6.07) is 8.67. The number of imidazole rings is 1. The lowest BCUT2D eigenvalue weighted by Crippen LogP contribution is -2.50. The normalized spacial score (nSPS) is 16.3. The second-order valence-electron chi connectivity index (χ2n) is 7.56. The molecular formula is C22H25FN6O. The maximum absolute atomic E-state index is 14.2. The molecule has 2 amide bonds. The summed E-state index contributed by atoms with van der Waals surface area (Å²) in [6.07, 6.45) is 8.71. The third kappa shape index (κ3) is 4.76. The second kappa shape index (κ2) is 8.94. The van der Waals surface area contributed by atoms with Crippen LogP contribution >= 0.6 is 0 Å². The van der Waals surface area contributed by atoms with Crippen LogP contribution in [0.5, 0.6) is 0 Å². The second-order valence-corrected chi connectivity index (χ2v) is 7.56. The van der Waals surface area contributed by atoms with Gasteiger partial charge in [0.1, 0.15) is 18.0 Å². The fourth-order valence-electron chi connectivity index (χ4n) is 3.67. The Morgan fingerprint density at radius 3 is 2.97 bits per heavy atom. The van der Waals surface area contributed by atoms with Crippen LogP contribution in [0.2, 0.25) is 0 Å². The first-order chi connectivity index (χ1) is 14.6. The van der Waals surface area contributed by atoms with Gasteiger partial charge in [-0.1, -0.05) is 12.1 Å². The summed E-state index contributed by atoms with van der Waals surface area (Å²) in [5.74, 6) is 0.545. The fourth-order valence-corrected chi connectivity index (χ4v) is 3.67. The Morgan fingerprint density at radius 1 is 1.30 bits per heavy atom. The number of aryl methyl sites for hydroxylation is 1. The molecule has 4 rings (SSSR count). The van der Waals surface area contributed by atoms with Crippen LogP contribution in [-0.2, 0) is 6.54 Å². The summed E-state index contributed by atoms with van der Waals surface area (Å²) in [6.45, 7) is 3.71. The number of piperidine rings is 1. The molecule has 3 aromatic rings. The Morgan fingerprint density at radius 2 is 2.20 bits per heavy atom. The standard InChI is InChI=1S/C22H25FN6O/c1-16-4-6-19(23)20(11-16)28-9-2-3-18(14-28)27-22(30)26-13-17-5-7-21(25-12-17)29-10-8-24-15-29/h4-8,10-12,15,18H,2-3,9,13-14H2,1H3,(H2,26,27,30). The predicted octanol–water partition coefficient (Wildman–Crippen LogP) is 3.18. The van der Waals surface area contributed by atoms with Crippen LogP contribution in [0.3, 0.4) is 0 Å². The van der Waals surface area contributed by atoms with E-state index in [1.54, 1.807) is 24.8 Å². The number of carbonyl (C=O) groups excluding carboxylic acids is 1. The molecule has 1 unspecified atom stereocenters. The third-order valence-electron chi connectivity index (χ3n) is 5.23. The van der Waals surface area contributed by atoms with Crippen molar-refractivity contribution in [3.63, 3.8) is 0 Å². The molecule has 0 saturated carbocycles. The highest BCUT2D eigenvalue weighted by atomic mass is 19.1. The molecule has 30 heavy (non-hydrogen) atoms. The van der Waals surface area contributed by atoms with Gasteiger partial charge in [0.15, 0.2) is 0 Å². The van der Waals surface area contributed by atoms with Gasteiger partial charge < -0.3 is 15.5 Å². The predicted molar refractivity (Wildman–Crippen MR) is 113 cm³/mol. The zero-order valence-electron chi connectivity index (χ0n) is 16.9. The molecule has 156 valence electrons. The number of hydrogen-bond acceptors (Lipinski definition) is 4. The minimum Gasteiger partial charge on any atom is -0.367 e. The average Bonchev–Trinajstić information content (AvgIpc) is 3.29. The molecule has 1 aliphatic rings. The van der Waals surface area contributed by atoms with E-state index in [1.807, 2.05) is 40.8 Å². The molecule has 8 heteroatoms. The number of aromatic nitrogens is 3. The number of nitrogens with one attached hydrogen (secondary N) is 2. The minimum absolute atomic E-state index is 0.0274. The topological polar surface area (TPSA) is 75.1 Å². The highest BCUT2D eigenvalue weighted by Gasteiger charge is 2.23. The van der Waals surface area contributed by atoms with Gasteiger partial charge >= 0.3 is 6.03 Å². The summed E-state index contributed by atoms with van der Waals surface area (Å²) in [4.78, 5) is 22.8. The Labute approximate surface area is 175 Å². The quantitative estimate of drug-likeness (QED) is 0.680. The highest BCUT2D eigenvalue weighted by Crippen LogP contribution is 2.24. The smallest absolute Gasteiger partial charge is 0.315 e. The van der Waals surface area contributed by atoms with E-state index >= 15 is 0 Å². The lowest BCUT2D eigenvalue weighted by atomic mass is 10.0. The molecule has 3 heterocycles. The molecule has 2 N–H and O–H groups in total. The van der Waals surface area contributed by atoms with E-state index in [-0.39, 0.29) is 17.9 Å². The van der Waals surface area contributed by atoms with E-state index in [9.17, 15) is 9.18 Å². The summed E-state index contributed by atoms with van der Waals surface area (Å²) < 4.78 is 16.0. The molecule has 1 aliphatic heterocycles. The monoisotopic (exact) mass is 408 g/mol. The molecule has 0 aliphatic carbocycles. The Kier molecular flexibility index (Phi) is 5.92. The third-order valence-corrected chi connectivity index (χ3v) is 5.23. The lowest BCUT2D eigenvalue weighted by Gasteiger charge is -2.35. The summed E-state index contributed by atoms with van der Waals surface area (Å²) >= 11 is 0. The van der Waals surface area contributed by atoms with Crippen molar-refractivity contribution in [2.45, 2.75) is 32.4 Å². The van der Waals surface area contributed by atoms with Gasteiger partial charge in [0.05, 0.1) is 5.69 Å². The van der Waals surface area contributed by atoms with Gasteiger partial charge in [-0.25, -0.2) is 19.2 Å². The number of nitrogens with zero attached hydrogens (tertiary/aromatic N) is 4. The number of benzene rings is 1. The first-order valence-corrected chi connectivity index (χ1v) is 10.1. The van der Waals surface area contributed by atoms with Gasteiger partial charge in [-0.05, 0) is 49.1 Å². The van der Waals surface area contributed by atoms with Gasteiger partial charge in [0.25, 0.3) is 0 Å². The molecule has 7 nitrogen and oxygen atoms in total. The van der Waals surface area contributed by atoms with Crippen LogP contribution in [0.1, 0.15) is 24.0 Å². The van der Waals surface area contributed by atoms with E-state index < -0.39 is 0 Å². The number of rotatable bonds is 5.